The fourth-order valence-corrected chi connectivity index (χ4v) is 3.04. The monoisotopic (exact) mass is 364 g/mol. The topological polar surface area (TPSA) is 58.6 Å². The van der Waals surface area contributed by atoms with E-state index in [0.717, 1.165) is 11.3 Å². The molecule has 140 valence electrons. The van der Waals surface area contributed by atoms with Gasteiger partial charge in [0.25, 0.3) is 0 Å². The first-order valence-corrected chi connectivity index (χ1v) is 9.21. The maximum atomic E-state index is 12.3. The number of piperidine rings is 1. The van der Waals surface area contributed by atoms with Crippen LogP contribution in [0.5, 0.6) is 0 Å². The van der Waals surface area contributed by atoms with Crippen LogP contribution in [0, 0.1) is 5.92 Å². The van der Waals surface area contributed by atoms with Crippen LogP contribution in [0.2, 0.25) is 0 Å². The molecule has 2 aromatic rings. The van der Waals surface area contributed by atoms with E-state index in [1.807, 2.05) is 72.8 Å². The fourth-order valence-electron chi connectivity index (χ4n) is 3.04. The first-order chi connectivity index (χ1) is 13.2. The predicted molar refractivity (Wildman–Crippen MR) is 106 cm³/mol. The molecule has 0 bridgehead atoms. The summed E-state index contributed by atoms with van der Waals surface area (Å²) in [4.78, 5) is 26.2. The molecule has 1 aliphatic heterocycles. The van der Waals surface area contributed by atoms with E-state index in [0.29, 0.717) is 25.9 Å². The molecule has 0 atom stereocenters. The van der Waals surface area contributed by atoms with Gasteiger partial charge in [0.15, 0.2) is 0 Å². The Morgan fingerprint density at radius 2 is 1.63 bits per heavy atom. The molecule has 0 saturated carbocycles. The standard InChI is InChI=1S/C22H24N2O3/c25-21(27-17-7-10-18-8-3-1-4-9-18)19-13-15-24(16-14-19)22(26)23-20-11-5-2-6-12-20/h1-12,19H,13-17H2,(H,23,26)/b10-7+. The van der Waals surface area contributed by atoms with Crippen molar-refractivity contribution in [1.29, 1.82) is 0 Å². The number of urea groups is 1. The zero-order valence-corrected chi connectivity index (χ0v) is 15.2. The second-order valence-corrected chi connectivity index (χ2v) is 6.50. The van der Waals surface area contributed by atoms with Gasteiger partial charge >= 0.3 is 12.0 Å². The molecule has 0 aliphatic carbocycles. The molecule has 3 rings (SSSR count). The van der Waals surface area contributed by atoms with Crippen LogP contribution >= 0.6 is 0 Å². The number of nitrogens with one attached hydrogen (secondary N) is 1. The van der Waals surface area contributed by atoms with Gasteiger partial charge in [-0.2, -0.15) is 0 Å². The summed E-state index contributed by atoms with van der Waals surface area (Å²) in [7, 11) is 0. The van der Waals surface area contributed by atoms with Crippen molar-refractivity contribution < 1.29 is 14.3 Å². The number of hydrogen-bond acceptors (Lipinski definition) is 3. The molecule has 0 unspecified atom stereocenters. The molecule has 5 heteroatoms. The number of ether oxygens (including phenoxy) is 1. The van der Waals surface area contributed by atoms with Crippen molar-refractivity contribution in [3.63, 3.8) is 0 Å². The van der Waals surface area contributed by atoms with Crippen LogP contribution in [-0.2, 0) is 9.53 Å². The molecule has 1 N–H and O–H groups in total. The molecule has 2 aromatic carbocycles. The lowest BCUT2D eigenvalue weighted by Crippen LogP contribution is -2.42. The lowest BCUT2D eigenvalue weighted by Gasteiger charge is -2.30. The molecule has 5 nitrogen and oxygen atoms in total. The molecule has 1 saturated heterocycles. The van der Waals surface area contributed by atoms with E-state index in [-0.39, 0.29) is 24.5 Å². The van der Waals surface area contributed by atoms with Crippen LogP contribution in [0.1, 0.15) is 18.4 Å². The Balaban J connectivity index is 1.38. The van der Waals surface area contributed by atoms with Gasteiger partial charge in [-0.1, -0.05) is 54.6 Å². The van der Waals surface area contributed by atoms with Gasteiger partial charge in [-0.05, 0) is 36.6 Å². The van der Waals surface area contributed by atoms with Crippen molar-refractivity contribution in [2.75, 3.05) is 25.0 Å². The Morgan fingerprint density at radius 3 is 2.30 bits per heavy atom. The highest BCUT2D eigenvalue weighted by Crippen LogP contribution is 2.19. The maximum absolute atomic E-state index is 12.3. The molecule has 2 amide bonds. The van der Waals surface area contributed by atoms with Crippen LogP contribution in [-0.4, -0.2) is 36.6 Å². The largest absolute Gasteiger partial charge is 0.461 e. The number of rotatable bonds is 5. The van der Waals surface area contributed by atoms with E-state index in [1.54, 1.807) is 4.90 Å². The van der Waals surface area contributed by atoms with Gasteiger partial charge in [0.1, 0.15) is 6.61 Å². The molecule has 1 heterocycles. The van der Waals surface area contributed by atoms with E-state index in [1.165, 1.54) is 0 Å². The van der Waals surface area contributed by atoms with Gasteiger partial charge in [-0.25, -0.2) is 4.79 Å². The molecule has 0 radical (unpaired) electrons. The zero-order valence-electron chi connectivity index (χ0n) is 15.2. The van der Waals surface area contributed by atoms with E-state index in [9.17, 15) is 9.59 Å². The average molecular weight is 364 g/mol. The Bertz CT molecular complexity index is 767. The highest BCUT2D eigenvalue weighted by atomic mass is 16.5. The third kappa shape index (κ3) is 5.71. The summed E-state index contributed by atoms with van der Waals surface area (Å²) >= 11 is 0. The third-order valence-electron chi connectivity index (χ3n) is 4.57. The molecular weight excluding hydrogens is 340 g/mol. The van der Waals surface area contributed by atoms with Gasteiger partial charge in [-0.15, -0.1) is 0 Å². The average Bonchev–Trinajstić information content (AvgIpc) is 2.72. The molecule has 0 spiro atoms. The maximum Gasteiger partial charge on any atom is 0.321 e. The van der Waals surface area contributed by atoms with Crippen molar-refractivity contribution in [3.8, 4) is 0 Å². The quantitative estimate of drug-likeness (QED) is 0.810. The van der Waals surface area contributed by atoms with E-state index in [4.69, 9.17) is 4.74 Å². The minimum absolute atomic E-state index is 0.126. The Hall–Kier alpha value is -3.08. The molecule has 1 aliphatic rings. The summed E-state index contributed by atoms with van der Waals surface area (Å²) in [5, 5.41) is 2.87. The number of anilines is 1. The first-order valence-electron chi connectivity index (χ1n) is 9.21. The van der Waals surface area contributed by atoms with Gasteiger partial charge in [-0.3, -0.25) is 4.79 Å². The Morgan fingerprint density at radius 1 is 1.00 bits per heavy atom. The van der Waals surface area contributed by atoms with Crippen LogP contribution in [0.25, 0.3) is 6.08 Å². The number of carbonyl (C=O) groups is 2. The minimum atomic E-state index is -0.184. The number of esters is 1. The number of amides is 2. The summed E-state index contributed by atoms with van der Waals surface area (Å²) in [5.74, 6) is -0.327. The lowest BCUT2D eigenvalue weighted by molar-refractivity contribution is -0.148. The number of likely N-dealkylation sites (tertiary alicyclic amines) is 1. The van der Waals surface area contributed by atoms with Gasteiger partial charge in [0.2, 0.25) is 0 Å². The van der Waals surface area contributed by atoms with Crippen molar-refractivity contribution in [1.82, 2.24) is 4.90 Å². The second-order valence-electron chi connectivity index (χ2n) is 6.50. The molecular formula is C22H24N2O3. The number of benzene rings is 2. The van der Waals surface area contributed by atoms with Crippen molar-refractivity contribution >= 4 is 23.8 Å². The smallest absolute Gasteiger partial charge is 0.321 e. The summed E-state index contributed by atoms with van der Waals surface area (Å²) < 4.78 is 5.35. The van der Waals surface area contributed by atoms with E-state index >= 15 is 0 Å². The van der Waals surface area contributed by atoms with Crippen LogP contribution < -0.4 is 5.32 Å². The zero-order chi connectivity index (χ0) is 18.9. The lowest BCUT2D eigenvalue weighted by atomic mass is 9.97. The second kappa shape index (κ2) is 9.57. The van der Waals surface area contributed by atoms with Crippen LogP contribution in [0.3, 0.4) is 0 Å². The Labute approximate surface area is 159 Å². The summed E-state index contributed by atoms with van der Waals surface area (Å²) in [5.41, 5.74) is 1.85. The van der Waals surface area contributed by atoms with Crippen molar-refractivity contribution in [2.45, 2.75) is 12.8 Å². The number of para-hydroxylation sites is 1. The predicted octanol–water partition coefficient (Wildman–Crippen LogP) is 4.19. The van der Waals surface area contributed by atoms with Gasteiger partial charge < -0.3 is 15.0 Å². The van der Waals surface area contributed by atoms with Crippen LogP contribution in [0.4, 0.5) is 10.5 Å². The van der Waals surface area contributed by atoms with Crippen LogP contribution in [0.15, 0.2) is 66.7 Å². The summed E-state index contributed by atoms with van der Waals surface area (Å²) in [6.45, 7) is 1.37. The van der Waals surface area contributed by atoms with Gasteiger partial charge in [0.05, 0.1) is 5.92 Å². The van der Waals surface area contributed by atoms with E-state index in [2.05, 4.69) is 5.32 Å². The van der Waals surface area contributed by atoms with E-state index < -0.39 is 0 Å². The molecule has 0 aromatic heterocycles. The number of nitrogens with zero attached hydrogens (tertiary/aromatic N) is 1. The number of hydrogen-bond donors (Lipinski definition) is 1. The first kappa shape index (κ1) is 18.7. The molecule has 1 fully saturated rings. The highest BCUT2D eigenvalue weighted by Gasteiger charge is 2.28. The van der Waals surface area contributed by atoms with Crippen molar-refractivity contribution in [3.05, 3.63) is 72.3 Å². The fraction of sp³-hybridized carbons (Fsp3) is 0.273. The Kier molecular flexibility index (Phi) is 6.63. The third-order valence-corrected chi connectivity index (χ3v) is 4.57. The number of carbonyl (C=O) groups excluding carboxylic acids is 2. The minimum Gasteiger partial charge on any atom is -0.461 e. The van der Waals surface area contributed by atoms with Crippen molar-refractivity contribution in [2.24, 2.45) is 5.92 Å². The summed E-state index contributed by atoms with van der Waals surface area (Å²) in [6, 6.07) is 19.1. The SMILES string of the molecule is O=C(OC/C=C/c1ccccc1)C1CCN(C(=O)Nc2ccccc2)CC1. The summed E-state index contributed by atoms with van der Waals surface area (Å²) in [6.07, 6.45) is 5.03. The normalized spacial score (nSPS) is 14.9. The highest BCUT2D eigenvalue weighted by molar-refractivity contribution is 5.89. The molecule has 27 heavy (non-hydrogen) atoms. The van der Waals surface area contributed by atoms with Gasteiger partial charge in [0, 0.05) is 18.8 Å².